The van der Waals surface area contributed by atoms with Gasteiger partial charge in [0.2, 0.25) is 0 Å². The van der Waals surface area contributed by atoms with E-state index in [0.717, 1.165) is 11.5 Å². The molecule has 2 aromatic heterocycles. The summed E-state index contributed by atoms with van der Waals surface area (Å²) >= 11 is 0. The third-order valence-electron chi connectivity index (χ3n) is 3.71. The lowest BCUT2D eigenvalue weighted by atomic mass is 10.00. The Morgan fingerprint density at radius 1 is 1.12 bits per heavy atom. The van der Waals surface area contributed by atoms with Gasteiger partial charge in [0.25, 0.3) is 0 Å². The first kappa shape index (κ1) is 16.2. The summed E-state index contributed by atoms with van der Waals surface area (Å²) in [5.74, 6) is 0.585. The number of para-hydroxylation sites is 1. The highest BCUT2D eigenvalue weighted by Crippen LogP contribution is 2.35. The predicted octanol–water partition coefficient (Wildman–Crippen LogP) is 3.71. The summed E-state index contributed by atoms with van der Waals surface area (Å²) in [6.45, 7) is 0. The van der Waals surface area contributed by atoms with E-state index in [-0.39, 0.29) is 5.69 Å². The highest BCUT2D eigenvalue weighted by Gasteiger charge is 2.35. The molecule has 0 amide bonds. The number of pyridine rings is 2. The maximum Gasteiger partial charge on any atom is 0.418 e. The lowest BCUT2D eigenvalue weighted by molar-refractivity contribution is -0.138. The van der Waals surface area contributed by atoms with Crippen molar-refractivity contribution in [1.82, 2.24) is 9.97 Å². The fourth-order valence-electron chi connectivity index (χ4n) is 2.55. The summed E-state index contributed by atoms with van der Waals surface area (Å²) in [7, 11) is 1.53. The number of ether oxygens (including phenoxy) is 1. The van der Waals surface area contributed by atoms with Crippen LogP contribution in [0.15, 0.2) is 48.8 Å². The lowest BCUT2D eigenvalue weighted by Crippen LogP contribution is -2.20. The second kappa shape index (κ2) is 6.09. The van der Waals surface area contributed by atoms with E-state index in [4.69, 9.17) is 10.5 Å². The number of rotatable bonds is 3. The van der Waals surface area contributed by atoms with Gasteiger partial charge in [0, 0.05) is 17.8 Å². The molecule has 0 unspecified atom stereocenters. The fourth-order valence-corrected chi connectivity index (χ4v) is 2.55. The molecular weight excluding hydrogens is 319 g/mol. The van der Waals surface area contributed by atoms with E-state index in [0.29, 0.717) is 16.8 Å². The van der Waals surface area contributed by atoms with Gasteiger partial charge < -0.3 is 10.5 Å². The molecule has 3 rings (SSSR count). The summed E-state index contributed by atoms with van der Waals surface area (Å²) < 4.78 is 44.7. The molecule has 0 saturated carbocycles. The van der Waals surface area contributed by atoms with Gasteiger partial charge in [0.1, 0.15) is 11.3 Å². The van der Waals surface area contributed by atoms with Crippen LogP contribution in [0.1, 0.15) is 22.9 Å². The third-order valence-corrected chi connectivity index (χ3v) is 3.71. The molecule has 4 nitrogen and oxygen atoms in total. The highest BCUT2D eigenvalue weighted by atomic mass is 19.4. The molecule has 3 aromatic rings. The van der Waals surface area contributed by atoms with Crippen LogP contribution in [0, 0.1) is 0 Å². The standard InChI is InChI=1S/C17H14F3N3O/c1-24-13-6-2-4-10-8-11(9-23-15(10)13)14(21)16-12(17(18,19)20)5-3-7-22-16/h2-9,14H,21H2,1H3/t14-/m0/s1. The Balaban J connectivity index is 2.08. The maximum absolute atomic E-state index is 13.1. The number of nitrogens with two attached hydrogens (primary N) is 1. The molecule has 0 bridgehead atoms. The zero-order valence-corrected chi connectivity index (χ0v) is 12.7. The average Bonchev–Trinajstić information content (AvgIpc) is 2.59. The Bertz CT molecular complexity index is 880. The van der Waals surface area contributed by atoms with Crippen molar-refractivity contribution in [2.75, 3.05) is 7.11 Å². The maximum atomic E-state index is 13.1. The van der Waals surface area contributed by atoms with Crippen LogP contribution in [-0.2, 0) is 6.18 Å². The van der Waals surface area contributed by atoms with E-state index in [1.807, 2.05) is 0 Å². The number of nitrogens with zero attached hydrogens (tertiary/aromatic N) is 2. The van der Waals surface area contributed by atoms with Gasteiger partial charge in [-0.15, -0.1) is 0 Å². The minimum Gasteiger partial charge on any atom is -0.494 e. The molecule has 24 heavy (non-hydrogen) atoms. The molecule has 0 aliphatic carbocycles. The van der Waals surface area contributed by atoms with Crippen molar-refractivity contribution in [1.29, 1.82) is 0 Å². The number of hydrogen-bond donors (Lipinski definition) is 1. The van der Waals surface area contributed by atoms with Gasteiger partial charge in [-0.3, -0.25) is 9.97 Å². The molecule has 0 fully saturated rings. The molecule has 0 saturated heterocycles. The average molecular weight is 333 g/mol. The Hall–Kier alpha value is -2.67. The first-order valence-corrected chi connectivity index (χ1v) is 7.12. The van der Waals surface area contributed by atoms with Gasteiger partial charge in [-0.1, -0.05) is 12.1 Å². The lowest BCUT2D eigenvalue weighted by Gasteiger charge is -2.17. The monoisotopic (exact) mass is 333 g/mol. The van der Waals surface area contributed by atoms with Gasteiger partial charge in [-0.05, 0) is 29.8 Å². The van der Waals surface area contributed by atoms with Gasteiger partial charge in [0.05, 0.1) is 24.4 Å². The number of aromatic nitrogens is 2. The number of hydrogen-bond acceptors (Lipinski definition) is 4. The van der Waals surface area contributed by atoms with Crippen molar-refractivity contribution < 1.29 is 17.9 Å². The Morgan fingerprint density at radius 2 is 1.92 bits per heavy atom. The normalized spacial score (nSPS) is 13.0. The van der Waals surface area contributed by atoms with Crippen LogP contribution < -0.4 is 10.5 Å². The summed E-state index contributed by atoms with van der Waals surface area (Å²) in [6.07, 6.45) is -1.78. The Morgan fingerprint density at radius 3 is 2.62 bits per heavy atom. The molecule has 124 valence electrons. The highest BCUT2D eigenvalue weighted by molar-refractivity contribution is 5.84. The molecule has 0 radical (unpaired) electrons. The van der Waals surface area contributed by atoms with Crippen molar-refractivity contribution in [2.24, 2.45) is 5.73 Å². The van der Waals surface area contributed by atoms with Crippen molar-refractivity contribution in [3.05, 3.63) is 65.6 Å². The van der Waals surface area contributed by atoms with E-state index in [1.54, 1.807) is 24.3 Å². The third kappa shape index (κ3) is 2.90. The largest absolute Gasteiger partial charge is 0.494 e. The van der Waals surface area contributed by atoms with Crippen LogP contribution in [0.5, 0.6) is 5.75 Å². The summed E-state index contributed by atoms with van der Waals surface area (Å²) in [6, 6.07) is 8.21. The van der Waals surface area contributed by atoms with Crippen molar-refractivity contribution in [3.63, 3.8) is 0 Å². The first-order valence-electron chi connectivity index (χ1n) is 7.12. The zero-order chi connectivity index (χ0) is 17.3. The molecular formula is C17H14F3N3O. The van der Waals surface area contributed by atoms with Gasteiger partial charge in [0.15, 0.2) is 0 Å². The van der Waals surface area contributed by atoms with Crippen LogP contribution in [0.4, 0.5) is 13.2 Å². The number of alkyl halides is 3. The summed E-state index contributed by atoms with van der Waals surface area (Å²) in [5, 5.41) is 0.729. The van der Waals surface area contributed by atoms with E-state index in [1.165, 1.54) is 25.6 Å². The van der Waals surface area contributed by atoms with E-state index in [9.17, 15) is 13.2 Å². The molecule has 0 aliphatic heterocycles. The quantitative estimate of drug-likeness (QED) is 0.794. The van der Waals surface area contributed by atoms with Gasteiger partial charge in [-0.25, -0.2) is 0 Å². The SMILES string of the molecule is COc1cccc2cc([C@H](N)c3ncccc3C(F)(F)F)cnc12. The molecule has 0 aliphatic rings. The fraction of sp³-hybridized carbons (Fsp3) is 0.176. The summed E-state index contributed by atoms with van der Waals surface area (Å²) in [4.78, 5) is 8.11. The van der Waals surface area contributed by atoms with Crippen LogP contribution in [0.25, 0.3) is 10.9 Å². The van der Waals surface area contributed by atoms with E-state index in [2.05, 4.69) is 9.97 Å². The van der Waals surface area contributed by atoms with Crippen molar-refractivity contribution in [2.45, 2.75) is 12.2 Å². The molecule has 2 N–H and O–H groups in total. The zero-order valence-electron chi connectivity index (χ0n) is 12.7. The smallest absolute Gasteiger partial charge is 0.418 e. The second-order valence-corrected chi connectivity index (χ2v) is 5.21. The number of halogens is 3. The molecule has 0 spiro atoms. The summed E-state index contributed by atoms with van der Waals surface area (Å²) in [5.41, 5.74) is 6.03. The van der Waals surface area contributed by atoms with Crippen LogP contribution in [0.3, 0.4) is 0 Å². The Labute approximate surface area is 136 Å². The Kier molecular flexibility index (Phi) is 4.11. The van der Waals surface area contributed by atoms with Crippen molar-refractivity contribution >= 4 is 10.9 Å². The van der Waals surface area contributed by atoms with Crippen LogP contribution in [-0.4, -0.2) is 17.1 Å². The van der Waals surface area contributed by atoms with Crippen molar-refractivity contribution in [3.8, 4) is 5.75 Å². The number of fused-ring (bicyclic) bond motifs is 1. The van der Waals surface area contributed by atoms with Gasteiger partial charge in [-0.2, -0.15) is 13.2 Å². The number of benzene rings is 1. The minimum absolute atomic E-state index is 0.228. The van der Waals surface area contributed by atoms with Crippen LogP contribution in [0.2, 0.25) is 0 Å². The van der Waals surface area contributed by atoms with E-state index >= 15 is 0 Å². The predicted molar refractivity (Wildman–Crippen MR) is 83.6 cm³/mol. The van der Waals surface area contributed by atoms with E-state index < -0.39 is 17.8 Å². The molecule has 7 heteroatoms. The van der Waals surface area contributed by atoms with Crippen LogP contribution >= 0.6 is 0 Å². The second-order valence-electron chi connectivity index (χ2n) is 5.21. The molecule has 2 heterocycles. The molecule has 1 atom stereocenters. The minimum atomic E-state index is -4.52. The topological polar surface area (TPSA) is 61.0 Å². The van der Waals surface area contributed by atoms with Gasteiger partial charge >= 0.3 is 6.18 Å². The molecule has 1 aromatic carbocycles. The number of methoxy groups -OCH3 is 1. The first-order chi connectivity index (χ1) is 11.4.